The number of hydrogen-bond donors (Lipinski definition) is 2. The Kier molecular flexibility index (Phi) is 5.37. The molecule has 0 radical (unpaired) electrons. The van der Waals surface area contributed by atoms with Crippen LogP contribution < -0.4 is 10.6 Å². The first kappa shape index (κ1) is 17.4. The monoisotopic (exact) mass is 327 g/mol. The van der Waals surface area contributed by atoms with Gasteiger partial charge in [-0.1, -0.05) is 51.1 Å². The zero-order valence-corrected chi connectivity index (χ0v) is 15.1. The largest absolute Gasteiger partial charge is 0.370 e. The highest BCUT2D eigenvalue weighted by molar-refractivity contribution is 7.98. The van der Waals surface area contributed by atoms with Gasteiger partial charge in [-0.15, -0.1) is 11.8 Å². The lowest BCUT2D eigenvalue weighted by Gasteiger charge is -2.24. The van der Waals surface area contributed by atoms with Crippen LogP contribution in [0.2, 0.25) is 0 Å². The van der Waals surface area contributed by atoms with Gasteiger partial charge in [0.25, 0.3) is 0 Å². The summed E-state index contributed by atoms with van der Waals surface area (Å²) in [5.41, 5.74) is 9.35. The van der Waals surface area contributed by atoms with Crippen molar-refractivity contribution in [1.82, 2.24) is 0 Å². The zero-order chi connectivity index (χ0) is 17.0. The number of nitrogens with two attached hydrogens (primary N) is 1. The van der Waals surface area contributed by atoms with Crippen LogP contribution in [0.3, 0.4) is 0 Å². The predicted octanol–water partition coefficient (Wildman–Crippen LogP) is 4.61. The SMILES string of the molecule is CSc1cccc(N(Cc2ccc(C(C)(C)C)cc2)C(=N)N)c1. The molecule has 0 heterocycles. The highest BCUT2D eigenvalue weighted by Crippen LogP contribution is 2.25. The number of nitrogens with one attached hydrogen (secondary N) is 1. The molecule has 3 nitrogen and oxygen atoms in total. The minimum Gasteiger partial charge on any atom is -0.370 e. The summed E-state index contributed by atoms with van der Waals surface area (Å²) in [5, 5.41) is 7.90. The summed E-state index contributed by atoms with van der Waals surface area (Å²) in [6.45, 7) is 7.21. The molecule has 0 saturated carbocycles. The van der Waals surface area contributed by atoms with Crippen molar-refractivity contribution in [3.05, 3.63) is 59.7 Å². The lowest BCUT2D eigenvalue weighted by atomic mass is 9.87. The zero-order valence-electron chi connectivity index (χ0n) is 14.3. The van der Waals surface area contributed by atoms with E-state index in [2.05, 4.69) is 57.2 Å². The molecule has 0 aliphatic heterocycles. The number of guanidine groups is 1. The summed E-state index contributed by atoms with van der Waals surface area (Å²) >= 11 is 1.69. The Morgan fingerprint density at radius 1 is 1.13 bits per heavy atom. The van der Waals surface area contributed by atoms with Crippen LogP contribution in [0.25, 0.3) is 0 Å². The molecule has 0 bridgehead atoms. The number of benzene rings is 2. The normalized spacial score (nSPS) is 11.3. The highest BCUT2D eigenvalue weighted by Gasteiger charge is 2.14. The molecule has 23 heavy (non-hydrogen) atoms. The number of hydrogen-bond acceptors (Lipinski definition) is 2. The lowest BCUT2D eigenvalue weighted by Crippen LogP contribution is -2.35. The maximum atomic E-state index is 7.90. The smallest absolute Gasteiger partial charge is 0.193 e. The van der Waals surface area contributed by atoms with Gasteiger partial charge >= 0.3 is 0 Å². The Hall–Kier alpha value is -1.94. The minimum atomic E-state index is 0.0585. The summed E-state index contributed by atoms with van der Waals surface area (Å²) in [6, 6.07) is 16.7. The number of thioether (sulfide) groups is 1. The van der Waals surface area contributed by atoms with Crippen LogP contribution in [-0.2, 0) is 12.0 Å². The van der Waals surface area contributed by atoms with Gasteiger partial charge in [-0.05, 0) is 41.0 Å². The van der Waals surface area contributed by atoms with E-state index in [9.17, 15) is 0 Å². The van der Waals surface area contributed by atoms with E-state index in [1.54, 1.807) is 11.8 Å². The lowest BCUT2D eigenvalue weighted by molar-refractivity contribution is 0.590. The van der Waals surface area contributed by atoms with Gasteiger partial charge < -0.3 is 10.6 Å². The van der Waals surface area contributed by atoms with Gasteiger partial charge in [0.15, 0.2) is 5.96 Å². The molecule has 0 atom stereocenters. The average molecular weight is 327 g/mol. The van der Waals surface area contributed by atoms with Gasteiger partial charge in [0.1, 0.15) is 0 Å². The maximum absolute atomic E-state index is 7.90. The second-order valence-electron chi connectivity index (χ2n) is 6.62. The van der Waals surface area contributed by atoms with Crippen molar-refractivity contribution in [2.24, 2.45) is 5.73 Å². The van der Waals surface area contributed by atoms with Crippen LogP contribution >= 0.6 is 11.8 Å². The average Bonchev–Trinajstić information content (AvgIpc) is 2.52. The Morgan fingerprint density at radius 3 is 2.30 bits per heavy atom. The molecule has 0 aliphatic rings. The molecule has 0 aromatic heterocycles. The molecule has 2 aromatic rings. The molecule has 4 heteroatoms. The molecule has 0 fully saturated rings. The Labute approximate surface area is 143 Å². The molecular formula is C19H25N3S. The molecule has 0 spiro atoms. The second kappa shape index (κ2) is 7.09. The third-order valence-electron chi connectivity index (χ3n) is 3.82. The second-order valence-corrected chi connectivity index (χ2v) is 7.50. The quantitative estimate of drug-likeness (QED) is 0.490. The van der Waals surface area contributed by atoms with Gasteiger partial charge in [0, 0.05) is 10.6 Å². The number of anilines is 1. The molecule has 2 aromatic carbocycles. The third kappa shape index (κ3) is 4.52. The van der Waals surface area contributed by atoms with E-state index < -0.39 is 0 Å². The summed E-state index contributed by atoms with van der Waals surface area (Å²) in [4.78, 5) is 2.99. The molecule has 122 valence electrons. The summed E-state index contributed by atoms with van der Waals surface area (Å²) in [5.74, 6) is 0.0585. The third-order valence-corrected chi connectivity index (χ3v) is 4.54. The first-order valence-corrected chi connectivity index (χ1v) is 8.89. The van der Waals surface area contributed by atoms with Crippen molar-refractivity contribution in [3.63, 3.8) is 0 Å². The first-order chi connectivity index (χ1) is 10.8. The fraction of sp³-hybridized carbons (Fsp3) is 0.316. The highest BCUT2D eigenvalue weighted by atomic mass is 32.2. The molecule has 3 N–H and O–H groups in total. The molecule has 0 saturated heterocycles. The fourth-order valence-corrected chi connectivity index (χ4v) is 2.84. The van der Waals surface area contributed by atoms with Crippen LogP contribution in [0.4, 0.5) is 5.69 Å². The van der Waals surface area contributed by atoms with Crippen molar-refractivity contribution in [3.8, 4) is 0 Å². The fourth-order valence-electron chi connectivity index (χ4n) is 2.39. The summed E-state index contributed by atoms with van der Waals surface area (Å²) in [7, 11) is 0. The van der Waals surface area contributed by atoms with E-state index in [1.807, 2.05) is 23.3 Å². The van der Waals surface area contributed by atoms with Crippen molar-refractivity contribution < 1.29 is 0 Å². The first-order valence-electron chi connectivity index (χ1n) is 7.66. The van der Waals surface area contributed by atoms with Crippen LogP contribution in [0.15, 0.2) is 53.4 Å². The summed E-state index contributed by atoms with van der Waals surface area (Å²) < 4.78 is 0. The van der Waals surface area contributed by atoms with Crippen LogP contribution in [0, 0.1) is 5.41 Å². The molecule has 0 amide bonds. The van der Waals surface area contributed by atoms with Crippen molar-refractivity contribution in [1.29, 1.82) is 5.41 Å². The van der Waals surface area contributed by atoms with Crippen LogP contribution in [0.1, 0.15) is 31.9 Å². The number of nitrogens with zero attached hydrogens (tertiary/aromatic N) is 1. The van der Waals surface area contributed by atoms with Gasteiger partial charge in [-0.3, -0.25) is 5.41 Å². The van der Waals surface area contributed by atoms with Gasteiger partial charge in [-0.25, -0.2) is 0 Å². The minimum absolute atomic E-state index is 0.0585. The van der Waals surface area contributed by atoms with Crippen LogP contribution in [-0.4, -0.2) is 12.2 Å². The molecule has 0 unspecified atom stereocenters. The van der Waals surface area contributed by atoms with Crippen molar-refractivity contribution >= 4 is 23.4 Å². The maximum Gasteiger partial charge on any atom is 0.193 e. The van der Waals surface area contributed by atoms with Gasteiger partial charge in [0.05, 0.1) is 6.54 Å². The predicted molar refractivity (Wildman–Crippen MR) is 101 cm³/mol. The standard InChI is InChI=1S/C19H25N3S/c1-19(2,3)15-10-8-14(9-11-15)13-22(18(20)21)16-6-5-7-17(12-16)23-4/h5-12H,13H2,1-4H3,(H3,20,21). The van der Waals surface area contributed by atoms with Crippen molar-refractivity contribution in [2.75, 3.05) is 11.2 Å². The topological polar surface area (TPSA) is 53.1 Å². The van der Waals surface area contributed by atoms with E-state index in [-0.39, 0.29) is 11.4 Å². The van der Waals surface area contributed by atoms with Crippen LogP contribution in [0.5, 0.6) is 0 Å². The molecule has 0 aliphatic carbocycles. The van der Waals surface area contributed by atoms with E-state index >= 15 is 0 Å². The van der Waals surface area contributed by atoms with Crippen molar-refractivity contribution in [2.45, 2.75) is 37.6 Å². The molecule has 2 rings (SSSR count). The van der Waals surface area contributed by atoms with E-state index in [0.29, 0.717) is 6.54 Å². The Morgan fingerprint density at radius 2 is 1.78 bits per heavy atom. The van der Waals surface area contributed by atoms with E-state index in [0.717, 1.165) is 16.1 Å². The number of rotatable bonds is 4. The Bertz CT molecular complexity index is 672. The van der Waals surface area contributed by atoms with Gasteiger partial charge in [-0.2, -0.15) is 0 Å². The van der Waals surface area contributed by atoms with E-state index in [4.69, 9.17) is 11.1 Å². The van der Waals surface area contributed by atoms with Gasteiger partial charge in [0.2, 0.25) is 0 Å². The molecular weight excluding hydrogens is 302 g/mol. The Balaban J connectivity index is 2.24. The summed E-state index contributed by atoms with van der Waals surface area (Å²) in [6.07, 6.45) is 2.04. The van der Waals surface area contributed by atoms with E-state index in [1.165, 1.54) is 5.56 Å².